The Morgan fingerprint density at radius 1 is 1.12 bits per heavy atom. The SMILES string of the molecule is CCCOc1ccc(OCC(=O)NC(C)c2cccc(Cl)c2)cc1. The molecule has 128 valence electrons. The molecule has 1 N–H and O–H groups in total. The quantitative estimate of drug-likeness (QED) is 0.770. The topological polar surface area (TPSA) is 47.6 Å². The number of hydrogen-bond acceptors (Lipinski definition) is 3. The monoisotopic (exact) mass is 347 g/mol. The zero-order valence-corrected chi connectivity index (χ0v) is 14.7. The van der Waals surface area contributed by atoms with Crippen molar-refractivity contribution in [3.63, 3.8) is 0 Å². The van der Waals surface area contributed by atoms with Gasteiger partial charge in [-0.2, -0.15) is 0 Å². The van der Waals surface area contributed by atoms with E-state index in [-0.39, 0.29) is 18.6 Å². The molecule has 0 aliphatic heterocycles. The Bertz CT molecular complexity index is 658. The van der Waals surface area contributed by atoms with Gasteiger partial charge < -0.3 is 14.8 Å². The molecule has 2 aromatic rings. The largest absolute Gasteiger partial charge is 0.494 e. The first kappa shape index (κ1) is 18.1. The number of hydrogen-bond donors (Lipinski definition) is 1. The molecule has 0 heterocycles. The third-order valence-electron chi connectivity index (χ3n) is 3.39. The zero-order valence-electron chi connectivity index (χ0n) is 13.9. The van der Waals surface area contributed by atoms with E-state index in [1.165, 1.54) is 0 Å². The summed E-state index contributed by atoms with van der Waals surface area (Å²) in [4.78, 5) is 12.0. The molecular formula is C19H22ClNO3. The first-order chi connectivity index (χ1) is 11.6. The van der Waals surface area contributed by atoms with E-state index in [0.717, 1.165) is 17.7 Å². The number of rotatable bonds is 8. The molecule has 0 aromatic heterocycles. The van der Waals surface area contributed by atoms with Gasteiger partial charge in [0.1, 0.15) is 11.5 Å². The molecule has 0 bridgehead atoms. The maximum Gasteiger partial charge on any atom is 0.258 e. The highest BCUT2D eigenvalue weighted by molar-refractivity contribution is 6.30. The minimum Gasteiger partial charge on any atom is -0.494 e. The van der Waals surface area contributed by atoms with Crippen molar-refractivity contribution in [1.29, 1.82) is 0 Å². The van der Waals surface area contributed by atoms with Crippen LogP contribution in [0, 0.1) is 0 Å². The molecule has 0 saturated carbocycles. The summed E-state index contributed by atoms with van der Waals surface area (Å²) in [7, 11) is 0. The van der Waals surface area contributed by atoms with Crippen LogP contribution < -0.4 is 14.8 Å². The van der Waals surface area contributed by atoms with Crippen molar-refractivity contribution < 1.29 is 14.3 Å². The van der Waals surface area contributed by atoms with Crippen molar-refractivity contribution in [1.82, 2.24) is 5.32 Å². The first-order valence-electron chi connectivity index (χ1n) is 7.99. The van der Waals surface area contributed by atoms with Crippen LogP contribution in [0.3, 0.4) is 0 Å². The average molecular weight is 348 g/mol. The van der Waals surface area contributed by atoms with E-state index in [1.54, 1.807) is 18.2 Å². The molecule has 4 nitrogen and oxygen atoms in total. The molecule has 1 amide bonds. The number of carbonyl (C=O) groups is 1. The van der Waals surface area contributed by atoms with Crippen LogP contribution in [-0.2, 0) is 4.79 Å². The van der Waals surface area contributed by atoms with E-state index in [9.17, 15) is 4.79 Å². The fraction of sp³-hybridized carbons (Fsp3) is 0.316. The van der Waals surface area contributed by atoms with Gasteiger partial charge in [0.25, 0.3) is 5.91 Å². The van der Waals surface area contributed by atoms with Crippen LogP contribution in [0.2, 0.25) is 5.02 Å². The van der Waals surface area contributed by atoms with Gasteiger partial charge in [-0.1, -0.05) is 30.7 Å². The second kappa shape index (κ2) is 9.18. The number of amides is 1. The van der Waals surface area contributed by atoms with Crippen LogP contribution in [0.15, 0.2) is 48.5 Å². The maximum absolute atomic E-state index is 12.0. The number of halogens is 1. The van der Waals surface area contributed by atoms with Gasteiger partial charge in [-0.25, -0.2) is 0 Å². The van der Waals surface area contributed by atoms with Gasteiger partial charge in [-0.05, 0) is 55.3 Å². The highest BCUT2D eigenvalue weighted by Gasteiger charge is 2.10. The molecular weight excluding hydrogens is 326 g/mol. The van der Waals surface area contributed by atoms with Gasteiger partial charge in [0.05, 0.1) is 12.6 Å². The van der Waals surface area contributed by atoms with Crippen LogP contribution >= 0.6 is 11.6 Å². The molecule has 1 atom stereocenters. The summed E-state index contributed by atoms with van der Waals surface area (Å²) in [5, 5.41) is 3.53. The summed E-state index contributed by atoms with van der Waals surface area (Å²) in [6.07, 6.45) is 0.962. The van der Waals surface area contributed by atoms with Crippen molar-refractivity contribution in [2.24, 2.45) is 0 Å². The smallest absolute Gasteiger partial charge is 0.258 e. The Kier molecular flexibility index (Phi) is 6.94. The highest BCUT2D eigenvalue weighted by Crippen LogP contribution is 2.19. The summed E-state index contributed by atoms with van der Waals surface area (Å²) >= 11 is 5.96. The minimum atomic E-state index is -0.186. The van der Waals surface area contributed by atoms with E-state index in [2.05, 4.69) is 12.2 Å². The van der Waals surface area contributed by atoms with Crippen molar-refractivity contribution in [3.05, 3.63) is 59.1 Å². The number of nitrogens with one attached hydrogen (secondary N) is 1. The molecule has 1 unspecified atom stereocenters. The molecule has 0 spiro atoms. The van der Waals surface area contributed by atoms with Crippen molar-refractivity contribution in [2.45, 2.75) is 26.3 Å². The van der Waals surface area contributed by atoms with Crippen LogP contribution in [0.5, 0.6) is 11.5 Å². The first-order valence-corrected chi connectivity index (χ1v) is 8.36. The molecule has 0 aliphatic carbocycles. The molecule has 0 fully saturated rings. The highest BCUT2D eigenvalue weighted by atomic mass is 35.5. The van der Waals surface area contributed by atoms with Crippen LogP contribution in [0.4, 0.5) is 0 Å². The zero-order chi connectivity index (χ0) is 17.4. The second-order valence-corrected chi connectivity index (χ2v) is 5.89. The predicted molar refractivity (Wildman–Crippen MR) is 95.7 cm³/mol. The van der Waals surface area contributed by atoms with Crippen LogP contribution in [0.25, 0.3) is 0 Å². The van der Waals surface area contributed by atoms with Gasteiger partial charge in [-0.3, -0.25) is 4.79 Å². The Labute approximate surface area is 147 Å². The van der Waals surface area contributed by atoms with E-state index in [1.807, 2.05) is 37.3 Å². The molecule has 5 heteroatoms. The number of benzene rings is 2. The lowest BCUT2D eigenvalue weighted by Gasteiger charge is -2.15. The van der Waals surface area contributed by atoms with Crippen molar-refractivity contribution in [3.8, 4) is 11.5 Å². The second-order valence-electron chi connectivity index (χ2n) is 5.45. The number of ether oxygens (including phenoxy) is 2. The molecule has 0 radical (unpaired) electrons. The van der Waals surface area contributed by atoms with Gasteiger partial charge in [0.15, 0.2) is 6.61 Å². The van der Waals surface area contributed by atoms with Gasteiger partial charge in [-0.15, -0.1) is 0 Å². The Hall–Kier alpha value is -2.20. The third-order valence-corrected chi connectivity index (χ3v) is 3.63. The summed E-state index contributed by atoms with van der Waals surface area (Å²) in [6, 6.07) is 14.5. The number of carbonyl (C=O) groups excluding carboxylic acids is 1. The minimum absolute atomic E-state index is 0.0416. The van der Waals surface area contributed by atoms with E-state index in [0.29, 0.717) is 17.4 Å². The standard InChI is InChI=1S/C19H22ClNO3/c1-3-11-23-17-7-9-18(10-8-17)24-13-19(22)21-14(2)15-5-4-6-16(20)12-15/h4-10,12,14H,3,11,13H2,1-2H3,(H,21,22). The summed E-state index contributed by atoms with van der Waals surface area (Å²) in [5.74, 6) is 1.24. The molecule has 2 rings (SSSR count). The van der Waals surface area contributed by atoms with Gasteiger partial charge in [0.2, 0.25) is 0 Å². The van der Waals surface area contributed by atoms with E-state index >= 15 is 0 Å². The Morgan fingerprint density at radius 2 is 1.79 bits per heavy atom. The lowest BCUT2D eigenvalue weighted by atomic mass is 10.1. The lowest BCUT2D eigenvalue weighted by Crippen LogP contribution is -2.31. The van der Waals surface area contributed by atoms with Crippen LogP contribution in [0.1, 0.15) is 31.9 Å². The summed E-state index contributed by atoms with van der Waals surface area (Å²) in [6.45, 7) is 4.61. The van der Waals surface area contributed by atoms with E-state index < -0.39 is 0 Å². The van der Waals surface area contributed by atoms with Crippen LogP contribution in [-0.4, -0.2) is 19.1 Å². The average Bonchev–Trinajstić information content (AvgIpc) is 2.59. The third kappa shape index (κ3) is 5.78. The molecule has 2 aromatic carbocycles. The maximum atomic E-state index is 12.0. The molecule has 0 aliphatic rings. The summed E-state index contributed by atoms with van der Waals surface area (Å²) < 4.78 is 11.0. The molecule has 0 saturated heterocycles. The van der Waals surface area contributed by atoms with Crippen molar-refractivity contribution >= 4 is 17.5 Å². The Morgan fingerprint density at radius 3 is 2.42 bits per heavy atom. The lowest BCUT2D eigenvalue weighted by molar-refractivity contribution is -0.123. The van der Waals surface area contributed by atoms with Gasteiger partial charge in [0, 0.05) is 5.02 Å². The van der Waals surface area contributed by atoms with Gasteiger partial charge >= 0.3 is 0 Å². The van der Waals surface area contributed by atoms with E-state index in [4.69, 9.17) is 21.1 Å². The normalized spacial score (nSPS) is 11.6. The fourth-order valence-corrected chi connectivity index (χ4v) is 2.34. The molecule has 24 heavy (non-hydrogen) atoms. The predicted octanol–water partition coefficient (Wildman–Crippen LogP) is 4.39. The summed E-state index contributed by atoms with van der Waals surface area (Å²) in [5.41, 5.74) is 0.952. The van der Waals surface area contributed by atoms with Crippen molar-refractivity contribution in [2.75, 3.05) is 13.2 Å². The Balaban J connectivity index is 1.80. The fourth-order valence-electron chi connectivity index (χ4n) is 2.14.